The fourth-order valence-corrected chi connectivity index (χ4v) is 7.96. The minimum atomic E-state index is -1.54. The van der Waals surface area contributed by atoms with Crippen molar-refractivity contribution in [2.24, 2.45) is 0 Å². The maximum atomic E-state index is 12.8. The molecular formula is C54H98O9. The highest BCUT2D eigenvalue weighted by molar-refractivity contribution is 5.69. The molecule has 0 spiro atoms. The number of unbranched alkanes of at least 4 members (excludes halogenated alkanes) is 26. The van der Waals surface area contributed by atoms with E-state index in [-0.39, 0.29) is 19.2 Å². The van der Waals surface area contributed by atoms with Crippen molar-refractivity contribution in [2.75, 3.05) is 26.4 Å². The number of carbonyl (C=O) groups excluding carboxylic acids is 1. The van der Waals surface area contributed by atoms with Gasteiger partial charge in [0, 0.05) is 13.0 Å². The number of carbonyl (C=O) groups is 1. The van der Waals surface area contributed by atoms with Gasteiger partial charge in [-0.1, -0.05) is 217 Å². The van der Waals surface area contributed by atoms with Crippen LogP contribution in [0.3, 0.4) is 0 Å². The van der Waals surface area contributed by atoms with Crippen LogP contribution in [0.4, 0.5) is 0 Å². The molecular weight excluding hydrogens is 793 g/mol. The van der Waals surface area contributed by atoms with Crippen LogP contribution in [-0.2, 0) is 23.7 Å². The third kappa shape index (κ3) is 36.0. The summed E-state index contributed by atoms with van der Waals surface area (Å²) in [4.78, 5) is 12.8. The molecule has 6 unspecified atom stereocenters. The topological polar surface area (TPSA) is 135 Å². The molecule has 0 aliphatic carbocycles. The Morgan fingerprint density at radius 2 is 0.968 bits per heavy atom. The normalized spacial score (nSPS) is 20.0. The van der Waals surface area contributed by atoms with E-state index in [0.717, 1.165) is 70.6 Å². The van der Waals surface area contributed by atoms with Gasteiger partial charge in [-0.15, -0.1) is 0 Å². The minimum absolute atomic E-state index is 0.124. The van der Waals surface area contributed by atoms with Crippen LogP contribution >= 0.6 is 0 Å². The number of aliphatic hydroxyl groups excluding tert-OH is 4. The molecule has 1 fully saturated rings. The van der Waals surface area contributed by atoms with Gasteiger partial charge >= 0.3 is 5.97 Å². The molecule has 1 saturated heterocycles. The van der Waals surface area contributed by atoms with Crippen molar-refractivity contribution in [3.8, 4) is 0 Å². The van der Waals surface area contributed by atoms with E-state index < -0.39 is 43.4 Å². The summed E-state index contributed by atoms with van der Waals surface area (Å²) in [5, 5.41) is 40.2. The number of allylic oxidation sites excluding steroid dienone is 8. The van der Waals surface area contributed by atoms with Crippen LogP contribution in [0.5, 0.6) is 0 Å². The highest BCUT2D eigenvalue weighted by Crippen LogP contribution is 2.23. The summed E-state index contributed by atoms with van der Waals surface area (Å²) >= 11 is 0. The van der Waals surface area contributed by atoms with Gasteiger partial charge in [0.1, 0.15) is 30.5 Å². The molecule has 0 bridgehead atoms. The standard InChI is InChI=1S/C54H98O9/c1-3-5-7-9-11-13-15-17-19-21-22-23-24-25-26-27-28-29-31-33-35-37-39-41-43-50(56)62-48(47-61-54-53(59)52(58)51(57)49(45-55)63-54)46-60-44-42-40-38-36-34-32-30-20-18-16-14-12-10-8-6-4-2/h6,8,12,14,18,20,32,34,48-49,51-55,57-59H,3-5,7,9-11,13,15-17,19,21-31,33,35-47H2,1-2H3/b8-6-,14-12-,20-18-,34-32-. The summed E-state index contributed by atoms with van der Waals surface area (Å²) in [6, 6.07) is 0. The van der Waals surface area contributed by atoms with Gasteiger partial charge in [0.05, 0.1) is 19.8 Å². The summed E-state index contributed by atoms with van der Waals surface area (Å²) in [5.41, 5.74) is 0. The number of rotatable bonds is 45. The monoisotopic (exact) mass is 891 g/mol. The molecule has 1 rings (SSSR count). The Hall–Kier alpha value is -1.85. The van der Waals surface area contributed by atoms with Gasteiger partial charge in [-0.05, 0) is 51.4 Å². The largest absolute Gasteiger partial charge is 0.457 e. The molecule has 1 aliphatic rings. The highest BCUT2D eigenvalue weighted by Gasteiger charge is 2.44. The minimum Gasteiger partial charge on any atom is -0.457 e. The SMILES string of the molecule is CC/C=C\C/C=C\C/C=C\C/C=C\CCCCCOCC(COC1OC(CO)C(O)C(O)C1O)OC(=O)CCCCCCCCCCCCCCCCCCCCCCCCCC. The zero-order valence-corrected chi connectivity index (χ0v) is 40.6. The Morgan fingerprint density at radius 1 is 0.524 bits per heavy atom. The van der Waals surface area contributed by atoms with Gasteiger partial charge in [0.2, 0.25) is 0 Å². The molecule has 0 saturated carbocycles. The van der Waals surface area contributed by atoms with Crippen molar-refractivity contribution in [1.82, 2.24) is 0 Å². The molecule has 63 heavy (non-hydrogen) atoms. The van der Waals surface area contributed by atoms with Gasteiger partial charge in [-0.25, -0.2) is 0 Å². The van der Waals surface area contributed by atoms with E-state index >= 15 is 0 Å². The Bertz CT molecular complexity index is 1100. The zero-order valence-electron chi connectivity index (χ0n) is 40.6. The summed E-state index contributed by atoms with van der Waals surface area (Å²) < 4.78 is 22.9. The van der Waals surface area contributed by atoms with Crippen LogP contribution < -0.4 is 0 Å². The van der Waals surface area contributed by atoms with Gasteiger partial charge < -0.3 is 39.4 Å². The van der Waals surface area contributed by atoms with E-state index in [4.69, 9.17) is 18.9 Å². The first-order valence-corrected chi connectivity index (χ1v) is 26.2. The number of hydrogen-bond donors (Lipinski definition) is 4. The Kier molecular flexibility index (Phi) is 42.6. The molecule has 0 aromatic rings. The molecule has 368 valence electrons. The third-order valence-electron chi connectivity index (χ3n) is 12.0. The molecule has 0 amide bonds. The van der Waals surface area contributed by atoms with E-state index in [1.807, 2.05) is 0 Å². The fraction of sp³-hybridized carbons (Fsp3) is 0.833. The molecule has 4 N–H and O–H groups in total. The van der Waals surface area contributed by atoms with Gasteiger partial charge in [-0.3, -0.25) is 4.79 Å². The summed E-state index contributed by atoms with van der Waals surface area (Å²) in [6.45, 7) is 4.40. The average molecular weight is 891 g/mol. The van der Waals surface area contributed by atoms with Gasteiger partial charge in [0.15, 0.2) is 6.29 Å². The highest BCUT2D eigenvalue weighted by atomic mass is 16.7. The lowest BCUT2D eigenvalue weighted by atomic mass is 9.99. The number of hydrogen-bond acceptors (Lipinski definition) is 9. The van der Waals surface area contributed by atoms with Crippen molar-refractivity contribution in [1.29, 1.82) is 0 Å². The first-order valence-electron chi connectivity index (χ1n) is 26.2. The molecule has 1 aliphatic heterocycles. The number of esters is 1. The van der Waals surface area contributed by atoms with Crippen LogP contribution in [0.25, 0.3) is 0 Å². The maximum Gasteiger partial charge on any atom is 0.306 e. The first kappa shape index (κ1) is 59.2. The van der Waals surface area contributed by atoms with E-state index in [9.17, 15) is 25.2 Å². The van der Waals surface area contributed by atoms with Crippen LogP contribution in [0.2, 0.25) is 0 Å². The lowest BCUT2D eigenvalue weighted by Gasteiger charge is -2.39. The van der Waals surface area contributed by atoms with Gasteiger partial charge in [-0.2, -0.15) is 0 Å². The number of aliphatic hydroxyl groups is 4. The average Bonchev–Trinajstić information content (AvgIpc) is 3.28. The molecule has 0 aromatic carbocycles. The van der Waals surface area contributed by atoms with E-state index in [2.05, 4.69) is 62.5 Å². The summed E-state index contributed by atoms with van der Waals surface area (Å²) in [7, 11) is 0. The Labute approximate surface area is 386 Å². The molecule has 0 aromatic heterocycles. The second kappa shape index (κ2) is 45.3. The van der Waals surface area contributed by atoms with Crippen molar-refractivity contribution < 1.29 is 44.2 Å². The molecule has 9 nitrogen and oxygen atoms in total. The van der Waals surface area contributed by atoms with Crippen molar-refractivity contribution in [3.05, 3.63) is 48.6 Å². The van der Waals surface area contributed by atoms with Crippen molar-refractivity contribution >= 4 is 5.97 Å². The summed E-state index contributed by atoms with van der Waals surface area (Å²) in [5.74, 6) is -0.322. The quantitative estimate of drug-likeness (QED) is 0.0268. The molecule has 9 heteroatoms. The predicted octanol–water partition coefficient (Wildman–Crippen LogP) is 12.9. The van der Waals surface area contributed by atoms with Crippen molar-refractivity contribution in [2.45, 2.75) is 263 Å². The summed E-state index contributed by atoms with van der Waals surface area (Å²) in [6.07, 6.45) is 50.2. The van der Waals surface area contributed by atoms with Crippen LogP contribution in [0.1, 0.15) is 226 Å². The van der Waals surface area contributed by atoms with Gasteiger partial charge in [0.25, 0.3) is 0 Å². The van der Waals surface area contributed by atoms with Crippen LogP contribution in [0, 0.1) is 0 Å². The fourth-order valence-electron chi connectivity index (χ4n) is 7.96. The molecule has 1 heterocycles. The zero-order chi connectivity index (χ0) is 45.7. The Morgan fingerprint density at radius 3 is 1.44 bits per heavy atom. The second-order valence-corrected chi connectivity index (χ2v) is 17.9. The van der Waals surface area contributed by atoms with Crippen LogP contribution in [-0.4, -0.2) is 89.6 Å². The lowest BCUT2D eigenvalue weighted by molar-refractivity contribution is -0.305. The second-order valence-electron chi connectivity index (χ2n) is 17.9. The smallest absolute Gasteiger partial charge is 0.306 e. The predicted molar refractivity (Wildman–Crippen MR) is 261 cm³/mol. The Balaban J connectivity index is 2.18. The molecule has 6 atom stereocenters. The third-order valence-corrected chi connectivity index (χ3v) is 12.0. The van der Waals surface area contributed by atoms with Crippen molar-refractivity contribution in [3.63, 3.8) is 0 Å². The first-order chi connectivity index (χ1) is 30.9. The lowest BCUT2D eigenvalue weighted by Crippen LogP contribution is -2.59. The van der Waals surface area contributed by atoms with E-state index in [1.54, 1.807) is 0 Å². The maximum absolute atomic E-state index is 12.8. The molecule has 0 radical (unpaired) electrons. The number of ether oxygens (including phenoxy) is 4. The van der Waals surface area contributed by atoms with Crippen LogP contribution in [0.15, 0.2) is 48.6 Å². The van der Waals surface area contributed by atoms with E-state index in [1.165, 1.54) is 135 Å². The van der Waals surface area contributed by atoms with E-state index in [0.29, 0.717) is 13.0 Å².